The maximum absolute atomic E-state index is 11.9. The minimum atomic E-state index is -0.708. The number of phenols is 1. The zero-order valence-electron chi connectivity index (χ0n) is 20.6. The van der Waals surface area contributed by atoms with Crippen molar-refractivity contribution in [2.75, 3.05) is 0 Å². The van der Waals surface area contributed by atoms with Gasteiger partial charge in [-0.15, -0.1) is 0 Å². The molecule has 0 aliphatic heterocycles. The van der Waals surface area contributed by atoms with Gasteiger partial charge in [0.2, 0.25) is 0 Å². The predicted molar refractivity (Wildman–Crippen MR) is 128 cm³/mol. The fourth-order valence-corrected chi connectivity index (χ4v) is 4.08. The van der Waals surface area contributed by atoms with Crippen molar-refractivity contribution in [2.24, 2.45) is 5.92 Å². The second-order valence-corrected chi connectivity index (χ2v) is 11.0. The van der Waals surface area contributed by atoms with Gasteiger partial charge in [-0.1, -0.05) is 112 Å². The summed E-state index contributed by atoms with van der Waals surface area (Å²) < 4.78 is 0. The van der Waals surface area contributed by atoms with E-state index in [-0.39, 0.29) is 16.7 Å². The molecule has 0 aliphatic rings. The molecule has 0 fully saturated rings. The zero-order chi connectivity index (χ0) is 22.9. The van der Waals surface area contributed by atoms with E-state index in [1.54, 1.807) is 0 Å². The molecular weight excluding hydrogens is 372 g/mol. The van der Waals surface area contributed by atoms with Gasteiger partial charge in [0.15, 0.2) is 0 Å². The maximum atomic E-state index is 11.9. The fourth-order valence-electron chi connectivity index (χ4n) is 4.08. The fraction of sp³-hybridized carbons (Fsp3) is 0.741. The molecule has 3 heteroatoms. The third-order valence-corrected chi connectivity index (χ3v) is 6.02. The van der Waals surface area contributed by atoms with Crippen molar-refractivity contribution in [3.05, 3.63) is 28.8 Å². The van der Waals surface area contributed by atoms with E-state index in [0.717, 1.165) is 36.0 Å². The highest BCUT2D eigenvalue weighted by atomic mass is 16.4. The van der Waals surface area contributed by atoms with Crippen LogP contribution in [-0.4, -0.2) is 16.2 Å². The van der Waals surface area contributed by atoms with Crippen molar-refractivity contribution in [1.29, 1.82) is 0 Å². The molecule has 0 aliphatic carbocycles. The van der Waals surface area contributed by atoms with Gasteiger partial charge in [-0.2, -0.15) is 0 Å². The average Bonchev–Trinajstić information content (AvgIpc) is 2.61. The Labute approximate surface area is 185 Å². The molecule has 3 nitrogen and oxygen atoms in total. The number of aliphatic carboxylic acids is 1. The summed E-state index contributed by atoms with van der Waals surface area (Å²) in [6.45, 7) is 14.8. The molecule has 0 aromatic heterocycles. The van der Waals surface area contributed by atoms with Crippen LogP contribution in [0.2, 0.25) is 0 Å². The summed E-state index contributed by atoms with van der Waals surface area (Å²) in [6, 6.07) is 4.04. The zero-order valence-corrected chi connectivity index (χ0v) is 20.6. The summed E-state index contributed by atoms with van der Waals surface area (Å²) >= 11 is 0. The van der Waals surface area contributed by atoms with Gasteiger partial charge >= 0.3 is 5.97 Å². The Bertz CT molecular complexity index is 627. The first kappa shape index (κ1) is 26.5. The summed E-state index contributed by atoms with van der Waals surface area (Å²) in [5.41, 5.74) is 2.43. The molecule has 0 amide bonds. The standard InChI is InChI=1S/C27H46O3/c1-8-9-10-11-12-13-14-15-16-21(25(29)30)17-20-18-22(26(2,3)4)24(28)23(19-20)27(5,6)7/h18-19,21,28H,8-17H2,1-7H3,(H,29,30). The highest BCUT2D eigenvalue weighted by molar-refractivity contribution is 5.70. The normalized spacial score (nSPS) is 13.4. The van der Waals surface area contributed by atoms with Crippen LogP contribution in [0.25, 0.3) is 0 Å². The van der Waals surface area contributed by atoms with Gasteiger partial charge in [0.25, 0.3) is 0 Å². The number of carboxylic acids is 1. The molecule has 172 valence electrons. The molecule has 1 aromatic carbocycles. The number of rotatable bonds is 12. The Balaban J connectivity index is 2.84. The third-order valence-electron chi connectivity index (χ3n) is 6.02. The summed E-state index contributed by atoms with van der Waals surface area (Å²) in [7, 11) is 0. The van der Waals surface area contributed by atoms with Gasteiger partial charge in [0, 0.05) is 0 Å². The van der Waals surface area contributed by atoms with E-state index in [1.165, 1.54) is 38.5 Å². The summed E-state index contributed by atoms with van der Waals surface area (Å²) in [6.07, 6.45) is 11.0. The van der Waals surface area contributed by atoms with Gasteiger partial charge < -0.3 is 10.2 Å². The van der Waals surface area contributed by atoms with Crippen LogP contribution in [0.4, 0.5) is 0 Å². The summed E-state index contributed by atoms with van der Waals surface area (Å²) in [5.74, 6) is -0.718. The first-order valence-electron chi connectivity index (χ1n) is 12.0. The minimum Gasteiger partial charge on any atom is -0.507 e. The molecule has 2 N–H and O–H groups in total. The number of hydrogen-bond donors (Lipinski definition) is 2. The third kappa shape index (κ3) is 8.70. The van der Waals surface area contributed by atoms with Crippen molar-refractivity contribution in [1.82, 2.24) is 0 Å². The molecule has 0 saturated carbocycles. The second kappa shape index (κ2) is 11.8. The predicted octanol–water partition coefficient (Wildman–Crippen LogP) is 7.76. The van der Waals surface area contributed by atoms with E-state index >= 15 is 0 Å². The van der Waals surface area contributed by atoms with Crippen molar-refractivity contribution >= 4 is 5.97 Å². The van der Waals surface area contributed by atoms with Crippen molar-refractivity contribution in [2.45, 2.75) is 124 Å². The van der Waals surface area contributed by atoms with Gasteiger partial charge in [0.05, 0.1) is 5.92 Å². The Kier molecular flexibility index (Phi) is 10.4. The Morgan fingerprint density at radius 2 is 1.27 bits per heavy atom. The quantitative estimate of drug-likeness (QED) is 0.341. The van der Waals surface area contributed by atoms with Crippen LogP contribution < -0.4 is 0 Å². The SMILES string of the molecule is CCCCCCCCCCC(Cc1cc(C(C)(C)C)c(O)c(C(C)(C)C)c1)C(=O)O. The van der Waals surface area contributed by atoms with Gasteiger partial charge in [0.1, 0.15) is 5.75 Å². The molecule has 1 atom stereocenters. The number of carboxylic acid groups (broad SMARTS) is 1. The van der Waals surface area contributed by atoms with Crippen LogP contribution in [-0.2, 0) is 22.0 Å². The van der Waals surface area contributed by atoms with Crippen LogP contribution in [0.3, 0.4) is 0 Å². The lowest BCUT2D eigenvalue weighted by atomic mass is 9.77. The van der Waals surface area contributed by atoms with Crippen LogP contribution in [0.5, 0.6) is 5.75 Å². The number of benzene rings is 1. The molecule has 1 unspecified atom stereocenters. The number of unbranched alkanes of at least 4 members (excludes halogenated alkanes) is 7. The summed E-state index contributed by atoms with van der Waals surface area (Å²) in [4.78, 5) is 11.9. The highest BCUT2D eigenvalue weighted by Crippen LogP contribution is 2.40. The Hall–Kier alpha value is -1.51. The number of hydrogen-bond acceptors (Lipinski definition) is 2. The first-order valence-corrected chi connectivity index (χ1v) is 12.0. The van der Waals surface area contributed by atoms with E-state index in [4.69, 9.17) is 0 Å². The number of phenolic OH excluding ortho intramolecular Hbond substituents is 1. The van der Waals surface area contributed by atoms with Crippen molar-refractivity contribution < 1.29 is 15.0 Å². The number of aromatic hydroxyl groups is 1. The minimum absolute atomic E-state index is 0.198. The lowest BCUT2D eigenvalue weighted by Crippen LogP contribution is -2.20. The first-order chi connectivity index (χ1) is 13.9. The van der Waals surface area contributed by atoms with Crippen molar-refractivity contribution in [3.8, 4) is 5.75 Å². The second-order valence-electron chi connectivity index (χ2n) is 11.0. The molecular formula is C27H46O3. The molecule has 0 heterocycles. The van der Waals surface area contributed by atoms with E-state index in [1.807, 2.05) is 12.1 Å². The Morgan fingerprint density at radius 3 is 1.67 bits per heavy atom. The molecule has 0 bridgehead atoms. The molecule has 0 spiro atoms. The van der Waals surface area contributed by atoms with Gasteiger partial charge in [-0.3, -0.25) is 4.79 Å². The lowest BCUT2D eigenvalue weighted by molar-refractivity contribution is -0.142. The molecule has 1 rings (SSSR count). The lowest BCUT2D eigenvalue weighted by Gasteiger charge is -2.28. The highest BCUT2D eigenvalue weighted by Gasteiger charge is 2.27. The molecule has 30 heavy (non-hydrogen) atoms. The smallest absolute Gasteiger partial charge is 0.306 e. The topological polar surface area (TPSA) is 57.5 Å². The maximum Gasteiger partial charge on any atom is 0.306 e. The van der Waals surface area contributed by atoms with E-state index in [2.05, 4.69) is 48.5 Å². The van der Waals surface area contributed by atoms with Gasteiger partial charge in [-0.05, 0) is 40.4 Å². The monoisotopic (exact) mass is 418 g/mol. The largest absolute Gasteiger partial charge is 0.507 e. The van der Waals surface area contributed by atoms with Crippen molar-refractivity contribution in [3.63, 3.8) is 0 Å². The van der Waals surface area contributed by atoms with E-state index in [9.17, 15) is 15.0 Å². The Morgan fingerprint density at radius 1 is 0.833 bits per heavy atom. The molecule has 0 saturated heterocycles. The van der Waals surface area contributed by atoms with E-state index in [0.29, 0.717) is 12.2 Å². The van der Waals surface area contributed by atoms with Crippen LogP contribution in [0, 0.1) is 5.92 Å². The van der Waals surface area contributed by atoms with Crippen LogP contribution >= 0.6 is 0 Å². The average molecular weight is 419 g/mol. The molecule has 0 radical (unpaired) electrons. The summed E-state index contributed by atoms with van der Waals surface area (Å²) in [5, 5.41) is 20.7. The van der Waals surface area contributed by atoms with Gasteiger partial charge in [-0.25, -0.2) is 0 Å². The number of carbonyl (C=O) groups is 1. The van der Waals surface area contributed by atoms with Crippen LogP contribution in [0.1, 0.15) is 123 Å². The van der Waals surface area contributed by atoms with Crippen LogP contribution in [0.15, 0.2) is 12.1 Å². The van der Waals surface area contributed by atoms with E-state index < -0.39 is 5.97 Å². The molecule has 1 aromatic rings.